The van der Waals surface area contributed by atoms with E-state index in [0.29, 0.717) is 0 Å². The van der Waals surface area contributed by atoms with Crippen molar-refractivity contribution in [2.24, 2.45) is 0 Å². The Bertz CT molecular complexity index is 675. The van der Waals surface area contributed by atoms with Crippen molar-refractivity contribution in [3.8, 4) is 0 Å². The number of hydrogen-bond donors (Lipinski definition) is 1. The van der Waals surface area contributed by atoms with Crippen molar-refractivity contribution >= 4 is 11.6 Å². The molecule has 0 unspecified atom stereocenters. The molecule has 0 aromatic heterocycles. The Kier molecular flexibility index (Phi) is 4.49. The molecule has 1 saturated carbocycles. The quantitative estimate of drug-likeness (QED) is 0.911. The summed E-state index contributed by atoms with van der Waals surface area (Å²) < 4.78 is 0. The first-order chi connectivity index (χ1) is 11.1. The molecule has 1 N–H and O–H groups in total. The van der Waals surface area contributed by atoms with Crippen LogP contribution in [-0.2, 0) is 16.8 Å². The first kappa shape index (κ1) is 15.8. The Morgan fingerprint density at radius 3 is 2.43 bits per heavy atom. The van der Waals surface area contributed by atoms with E-state index < -0.39 is 0 Å². The lowest BCUT2D eigenvalue weighted by Gasteiger charge is -2.40. The summed E-state index contributed by atoms with van der Waals surface area (Å²) in [5.74, 6) is 0.122. The third-order valence-corrected chi connectivity index (χ3v) is 4.65. The molecule has 0 heterocycles. The first-order valence-corrected chi connectivity index (χ1v) is 8.21. The smallest absolute Gasteiger partial charge is 0.235 e. The predicted molar refractivity (Wildman–Crippen MR) is 94.4 cm³/mol. The topological polar surface area (TPSA) is 32.3 Å². The molecule has 120 valence electrons. The van der Waals surface area contributed by atoms with Crippen molar-refractivity contribution in [3.63, 3.8) is 0 Å². The fraction of sp³-hybridized carbons (Fsp3) is 0.350. The van der Waals surface area contributed by atoms with Gasteiger partial charge in [0.15, 0.2) is 0 Å². The molecule has 2 aromatic carbocycles. The second kappa shape index (κ2) is 6.55. The van der Waals surface area contributed by atoms with Crippen LogP contribution in [0.3, 0.4) is 0 Å². The van der Waals surface area contributed by atoms with Gasteiger partial charge in [-0.15, -0.1) is 0 Å². The number of hydrogen-bond acceptors (Lipinski definition) is 2. The Hall–Kier alpha value is -2.13. The van der Waals surface area contributed by atoms with E-state index in [1.54, 1.807) is 0 Å². The highest BCUT2D eigenvalue weighted by molar-refractivity contribution is 6.00. The second-order valence-electron chi connectivity index (χ2n) is 6.69. The lowest BCUT2D eigenvalue weighted by molar-refractivity contribution is -0.124. The summed E-state index contributed by atoms with van der Waals surface area (Å²) in [6.07, 6.45) is 2.98. The Morgan fingerprint density at radius 1 is 1.09 bits per heavy atom. The molecule has 0 atom stereocenters. The molecular formula is C20H24N2O. The number of carbonyl (C=O) groups is 1. The number of anilines is 1. The zero-order valence-corrected chi connectivity index (χ0v) is 13.9. The number of benzene rings is 2. The van der Waals surface area contributed by atoms with Gasteiger partial charge in [0.05, 0.1) is 5.41 Å². The van der Waals surface area contributed by atoms with Crippen LogP contribution in [0.25, 0.3) is 0 Å². The molecule has 1 fully saturated rings. The minimum absolute atomic E-state index is 0.122. The molecule has 23 heavy (non-hydrogen) atoms. The maximum Gasteiger partial charge on any atom is 0.235 e. The molecule has 0 aliphatic heterocycles. The van der Waals surface area contributed by atoms with Crippen molar-refractivity contribution in [1.82, 2.24) is 4.90 Å². The van der Waals surface area contributed by atoms with Crippen LogP contribution in [0.4, 0.5) is 5.69 Å². The van der Waals surface area contributed by atoms with Crippen LogP contribution in [0, 0.1) is 0 Å². The van der Waals surface area contributed by atoms with E-state index in [-0.39, 0.29) is 11.3 Å². The predicted octanol–water partition coefficient (Wildman–Crippen LogP) is 3.81. The highest BCUT2D eigenvalue weighted by atomic mass is 16.2. The molecule has 1 amide bonds. The highest BCUT2D eigenvalue weighted by Gasteiger charge is 2.45. The average molecular weight is 308 g/mol. The van der Waals surface area contributed by atoms with E-state index in [2.05, 4.69) is 34.5 Å². The van der Waals surface area contributed by atoms with E-state index in [0.717, 1.165) is 37.1 Å². The monoisotopic (exact) mass is 308 g/mol. The maximum atomic E-state index is 12.9. The Balaban J connectivity index is 1.78. The average Bonchev–Trinajstić information content (AvgIpc) is 2.47. The van der Waals surface area contributed by atoms with Crippen molar-refractivity contribution in [2.75, 3.05) is 19.4 Å². The third kappa shape index (κ3) is 3.30. The summed E-state index contributed by atoms with van der Waals surface area (Å²) in [5, 5.41) is 3.14. The number of rotatable bonds is 5. The van der Waals surface area contributed by atoms with Crippen molar-refractivity contribution < 1.29 is 4.79 Å². The van der Waals surface area contributed by atoms with Crippen LogP contribution in [0.2, 0.25) is 0 Å². The lowest BCUT2D eigenvalue weighted by Crippen LogP contribution is -2.46. The van der Waals surface area contributed by atoms with Gasteiger partial charge >= 0.3 is 0 Å². The fourth-order valence-corrected chi connectivity index (χ4v) is 3.30. The molecule has 2 aromatic rings. The maximum absolute atomic E-state index is 12.9. The van der Waals surface area contributed by atoms with Gasteiger partial charge in [0.25, 0.3) is 0 Å². The van der Waals surface area contributed by atoms with Gasteiger partial charge in [-0.25, -0.2) is 0 Å². The largest absolute Gasteiger partial charge is 0.325 e. The second-order valence-corrected chi connectivity index (χ2v) is 6.69. The van der Waals surface area contributed by atoms with Crippen LogP contribution in [0.1, 0.15) is 30.4 Å². The molecular weight excluding hydrogens is 284 g/mol. The van der Waals surface area contributed by atoms with Crippen molar-refractivity contribution in [1.29, 1.82) is 0 Å². The molecule has 3 heteroatoms. The van der Waals surface area contributed by atoms with Gasteiger partial charge in [0.2, 0.25) is 5.91 Å². The van der Waals surface area contributed by atoms with Crippen LogP contribution in [0.15, 0.2) is 54.6 Å². The zero-order chi connectivity index (χ0) is 16.3. The van der Waals surface area contributed by atoms with Crippen molar-refractivity contribution in [3.05, 3.63) is 65.7 Å². The van der Waals surface area contributed by atoms with Gasteiger partial charge in [0, 0.05) is 12.2 Å². The number of amides is 1. The number of nitrogens with zero attached hydrogens (tertiary/aromatic N) is 1. The molecule has 3 rings (SSSR count). The lowest BCUT2D eigenvalue weighted by atomic mass is 9.64. The molecule has 0 spiro atoms. The molecule has 0 saturated heterocycles. The number of nitrogens with one attached hydrogen (secondary N) is 1. The normalized spacial score (nSPS) is 16.0. The van der Waals surface area contributed by atoms with E-state index in [4.69, 9.17) is 0 Å². The zero-order valence-electron chi connectivity index (χ0n) is 13.9. The van der Waals surface area contributed by atoms with Crippen LogP contribution < -0.4 is 5.32 Å². The van der Waals surface area contributed by atoms with Crippen LogP contribution >= 0.6 is 0 Å². The summed E-state index contributed by atoms with van der Waals surface area (Å²) in [6, 6.07) is 18.3. The molecule has 0 bridgehead atoms. The molecule has 1 aliphatic rings. The van der Waals surface area contributed by atoms with Gasteiger partial charge in [0.1, 0.15) is 0 Å². The fourth-order valence-electron chi connectivity index (χ4n) is 3.30. The molecule has 0 radical (unpaired) electrons. The van der Waals surface area contributed by atoms with Gasteiger partial charge < -0.3 is 10.2 Å². The van der Waals surface area contributed by atoms with Gasteiger partial charge in [-0.3, -0.25) is 4.79 Å². The summed E-state index contributed by atoms with van der Waals surface area (Å²) in [7, 11) is 4.09. The summed E-state index contributed by atoms with van der Waals surface area (Å²) in [5.41, 5.74) is 2.87. The summed E-state index contributed by atoms with van der Waals surface area (Å²) in [6.45, 7) is 0.869. The van der Waals surface area contributed by atoms with Gasteiger partial charge in [-0.05, 0) is 50.2 Å². The summed E-state index contributed by atoms with van der Waals surface area (Å²) >= 11 is 0. The SMILES string of the molecule is CN(C)Cc1cccc(NC(=O)C2(c3ccccc3)CCC2)c1. The van der Waals surface area contributed by atoms with E-state index in [1.165, 1.54) is 5.56 Å². The van der Waals surface area contributed by atoms with E-state index >= 15 is 0 Å². The van der Waals surface area contributed by atoms with Crippen LogP contribution in [-0.4, -0.2) is 24.9 Å². The van der Waals surface area contributed by atoms with Gasteiger partial charge in [-0.2, -0.15) is 0 Å². The molecule has 1 aliphatic carbocycles. The van der Waals surface area contributed by atoms with Gasteiger partial charge in [-0.1, -0.05) is 48.9 Å². The first-order valence-electron chi connectivity index (χ1n) is 8.21. The minimum Gasteiger partial charge on any atom is -0.325 e. The minimum atomic E-state index is -0.348. The number of carbonyl (C=O) groups excluding carboxylic acids is 1. The molecule has 3 nitrogen and oxygen atoms in total. The summed E-state index contributed by atoms with van der Waals surface area (Å²) in [4.78, 5) is 15.1. The van der Waals surface area contributed by atoms with E-state index in [1.807, 2.05) is 44.4 Å². The Labute approximate surface area is 138 Å². The van der Waals surface area contributed by atoms with Crippen molar-refractivity contribution in [2.45, 2.75) is 31.2 Å². The standard InChI is InChI=1S/C20H24N2O/c1-22(2)15-16-8-6-11-18(14-16)21-19(23)20(12-7-13-20)17-9-4-3-5-10-17/h3-6,8-11,14H,7,12-13,15H2,1-2H3,(H,21,23). The highest BCUT2D eigenvalue weighted by Crippen LogP contribution is 2.44. The van der Waals surface area contributed by atoms with Crippen LogP contribution in [0.5, 0.6) is 0 Å². The van der Waals surface area contributed by atoms with E-state index in [9.17, 15) is 4.79 Å². The Morgan fingerprint density at radius 2 is 1.83 bits per heavy atom. The third-order valence-electron chi connectivity index (χ3n) is 4.65.